The molecule has 1 atom stereocenters. The van der Waals surface area contributed by atoms with Crippen LogP contribution in [0, 0.1) is 5.92 Å². The highest BCUT2D eigenvalue weighted by atomic mass is 79.9. The van der Waals surface area contributed by atoms with Gasteiger partial charge in [0.2, 0.25) is 0 Å². The van der Waals surface area contributed by atoms with E-state index < -0.39 is 0 Å². The number of halogens is 1. The Hall–Kier alpha value is -0.540. The minimum absolute atomic E-state index is 0.0816. The largest absolute Gasteiger partial charge is 0.398 e. The molecule has 2 rings (SSSR count). The number of nitrogen functional groups attached to an aromatic ring is 1. The highest BCUT2D eigenvalue weighted by Gasteiger charge is 2.25. The summed E-state index contributed by atoms with van der Waals surface area (Å²) >= 11 is 3.50. The zero-order valence-corrected chi connectivity index (χ0v) is 9.63. The van der Waals surface area contributed by atoms with Crippen LogP contribution in [0.5, 0.6) is 0 Å². The van der Waals surface area contributed by atoms with Crippen molar-refractivity contribution in [2.45, 2.75) is 25.3 Å². The molecule has 3 heteroatoms. The van der Waals surface area contributed by atoms with E-state index in [0.29, 0.717) is 0 Å². The van der Waals surface area contributed by atoms with Gasteiger partial charge in [-0.25, -0.2) is 0 Å². The lowest BCUT2D eigenvalue weighted by molar-refractivity contribution is 0.596. The summed E-state index contributed by atoms with van der Waals surface area (Å²) in [6.07, 6.45) is 3.73. The van der Waals surface area contributed by atoms with E-state index in [4.69, 9.17) is 11.5 Å². The first-order valence-corrected chi connectivity index (χ1v) is 5.77. The molecule has 1 saturated carbocycles. The Morgan fingerprint density at radius 2 is 2.14 bits per heavy atom. The molecule has 0 aliphatic heterocycles. The van der Waals surface area contributed by atoms with Gasteiger partial charge in [-0.1, -0.05) is 34.8 Å². The number of benzene rings is 1. The molecule has 1 aromatic rings. The van der Waals surface area contributed by atoms with Gasteiger partial charge in [-0.2, -0.15) is 0 Å². The zero-order chi connectivity index (χ0) is 10.1. The van der Waals surface area contributed by atoms with Crippen molar-refractivity contribution in [3.63, 3.8) is 0 Å². The van der Waals surface area contributed by atoms with E-state index in [1.165, 1.54) is 12.8 Å². The average Bonchev–Trinajstić information content (AvgIpc) is 2.87. The third-order valence-corrected chi connectivity index (χ3v) is 3.43. The molecule has 76 valence electrons. The van der Waals surface area contributed by atoms with Gasteiger partial charge in [-0.3, -0.25) is 0 Å². The van der Waals surface area contributed by atoms with Gasteiger partial charge in [0.05, 0.1) is 0 Å². The quantitative estimate of drug-likeness (QED) is 0.816. The van der Waals surface area contributed by atoms with E-state index in [-0.39, 0.29) is 6.04 Å². The van der Waals surface area contributed by atoms with Gasteiger partial charge < -0.3 is 11.5 Å². The maximum absolute atomic E-state index is 6.13. The summed E-state index contributed by atoms with van der Waals surface area (Å²) in [6.45, 7) is 0. The van der Waals surface area contributed by atoms with E-state index >= 15 is 0 Å². The first kappa shape index (κ1) is 9.99. The molecule has 0 amide bonds. The Morgan fingerprint density at radius 1 is 1.43 bits per heavy atom. The van der Waals surface area contributed by atoms with Crippen LogP contribution in [0.25, 0.3) is 0 Å². The summed E-state index contributed by atoms with van der Waals surface area (Å²) in [5, 5.41) is 0. The van der Waals surface area contributed by atoms with Crippen LogP contribution in [-0.4, -0.2) is 0 Å². The molecule has 0 aromatic heterocycles. The highest BCUT2D eigenvalue weighted by Crippen LogP contribution is 2.39. The fraction of sp³-hybridized carbons (Fsp3) is 0.455. The number of hydrogen-bond donors (Lipinski definition) is 2. The van der Waals surface area contributed by atoms with Gasteiger partial charge in [-0.15, -0.1) is 0 Å². The van der Waals surface area contributed by atoms with Crippen LogP contribution in [-0.2, 0) is 0 Å². The van der Waals surface area contributed by atoms with Gasteiger partial charge >= 0.3 is 0 Å². The molecular weight excluding hydrogens is 240 g/mol. The minimum atomic E-state index is 0.0816. The summed E-state index contributed by atoms with van der Waals surface area (Å²) in [5.41, 5.74) is 13.9. The Bertz CT molecular complexity index is 314. The molecule has 1 aromatic carbocycles. The normalized spacial score (nSPS) is 18.1. The van der Waals surface area contributed by atoms with E-state index in [9.17, 15) is 0 Å². The summed E-state index contributed by atoms with van der Waals surface area (Å²) in [6, 6.07) is 5.93. The van der Waals surface area contributed by atoms with Crippen LogP contribution in [0.4, 0.5) is 5.69 Å². The second-order valence-corrected chi connectivity index (χ2v) is 4.88. The van der Waals surface area contributed by atoms with E-state index in [0.717, 1.165) is 28.1 Å². The van der Waals surface area contributed by atoms with Crippen molar-refractivity contribution in [2.24, 2.45) is 11.7 Å². The number of hydrogen-bond acceptors (Lipinski definition) is 2. The summed E-state index contributed by atoms with van der Waals surface area (Å²) < 4.78 is 1.03. The Balaban J connectivity index is 2.19. The van der Waals surface area contributed by atoms with Crippen LogP contribution >= 0.6 is 15.9 Å². The molecule has 0 radical (unpaired) electrons. The minimum Gasteiger partial charge on any atom is -0.398 e. The molecule has 14 heavy (non-hydrogen) atoms. The van der Waals surface area contributed by atoms with Gasteiger partial charge in [0.25, 0.3) is 0 Å². The van der Waals surface area contributed by atoms with Gasteiger partial charge in [0.15, 0.2) is 0 Å². The lowest BCUT2D eigenvalue weighted by Crippen LogP contribution is -2.13. The molecule has 1 aliphatic rings. The van der Waals surface area contributed by atoms with Crippen molar-refractivity contribution >= 4 is 21.6 Å². The highest BCUT2D eigenvalue weighted by molar-refractivity contribution is 9.10. The number of anilines is 1. The van der Waals surface area contributed by atoms with Gasteiger partial charge in [0.1, 0.15) is 0 Å². The fourth-order valence-electron chi connectivity index (χ4n) is 1.78. The molecule has 0 unspecified atom stereocenters. The Labute approximate surface area is 92.8 Å². The smallest absolute Gasteiger partial charge is 0.0373 e. The number of rotatable bonds is 3. The average molecular weight is 255 g/mol. The van der Waals surface area contributed by atoms with E-state index in [1.54, 1.807) is 0 Å². The van der Waals surface area contributed by atoms with Crippen molar-refractivity contribution in [1.29, 1.82) is 0 Å². The lowest BCUT2D eigenvalue weighted by Gasteiger charge is -2.15. The third-order valence-electron chi connectivity index (χ3n) is 2.74. The van der Waals surface area contributed by atoms with Crippen molar-refractivity contribution in [1.82, 2.24) is 0 Å². The van der Waals surface area contributed by atoms with Crippen molar-refractivity contribution in [3.8, 4) is 0 Å². The van der Waals surface area contributed by atoms with Crippen LogP contribution in [0.3, 0.4) is 0 Å². The summed E-state index contributed by atoms with van der Waals surface area (Å²) in [5.74, 6) is 0.830. The van der Waals surface area contributed by atoms with Crippen molar-refractivity contribution < 1.29 is 0 Å². The van der Waals surface area contributed by atoms with Crippen molar-refractivity contribution in [3.05, 3.63) is 28.2 Å². The van der Waals surface area contributed by atoms with Crippen LogP contribution in [0.15, 0.2) is 22.7 Å². The standard InChI is InChI=1S/C11H15BrN2/c12-8-2-1-3-9(13)11(8)10(14)6-7-4-5-7/h1-3,7,10H,4-6,13-14H2/t10-/m0/s1. The molecular formula is C11H15BrN2. The molecule has 4 N–H and O–H groups in total. The first-order chi connectivity index (χ1) is 6.68. The molecule has 1 aliphatic carbocycles. The number of nitrogens with two attached hydrogens (primary N) is 2. The predicted octanol–water partition coefficient (Wildman–Crippen LogP) is 2.83. The predicted molar refractivity (Wildman–Crippen MR) is 62.8 cm³/mol. The van der Waals surface area contributed by atoms with Gasteiger partial charge in [0, 0.05) is 21.8 Å². The summed E-state index contributed by atoms with van der Waals surface area (Å²) in [7, 11) is 0. The Morgan fingerprint density at radius 3 is 2.71 bits per heavy atom. The second kappa shape index (κ2) is 3.91. The van der Waals surface area contributed by atoms with E-state index in [1.807, 2.05) is 18.2 Å². The summed E-state index contributed by atoms with van der Waals surface area (Å²) in [4.78, 5) is 0. The first-order valence-electron chi connectivity index (χ1n) is 4.98. The van der Waals surface area contributed by atoms with Crippen LogP contribution in [0.2, 0.25) is 0 Å². The molecule has 0 saturated heterocycles. The fourth-order valence-corrected chi connectivity index (χ4v) is 2.45. The molecule has 2 nitrogen and oxygen atoms in total. The van der Waals surface area contributed by atoms with Crippen LogP contribution < -0.4 is 11.5 Å². The Kier molecular flexibility index (Phi) is 2.79. The third kappa shape index (κ3) is 2.10. The maximum atomic E-state index is 6.13. The molecule has 0 heterocycles. The second-order valence-electron chi connectivity index (χ2n) is 4.03. The monoisotopic (exact) mass is 254 g/mol. The lowest BCUT2D eigenvalue weighted by atomic mass is 10.0. The maximum Gasteiger partial charge on any atom is 0.0373 e. The van der Waals surface area contributed by atoms with Crippen LogP contribution in [0.1, 0.15) is 30.9 Å². The van der Waals surface area contributed by atoms with Crippen molar-refractivity contribution in [2.75, 3.05) is 5.73 Å². The molecule has 1 fully saturated rings. The SMILES string of the molecule is Nc1cccc(Br)c1[C@@H](N)CC1CC1. The zero-order valence-electron chi connectivity index (χ0n) is 8.04. The molecule has 0 spiro atoms. The molecule has 0 bridgehead atoms. The van der Waals surface area contributed by atoms with Gasteiger partial charge in [-0.05, 0) is 24.5 Å². The topological polar surface area (TPSA) is 52.0 Å². The van der Waals surface area contributed by atoms with E-state index in [2.05, 4.69) is 15.9 Å².